The van der Waals surface area contributed by atoms with Gasteiger partial charge in [-0.15, -0.1) is 0 Å². The van der Waals surface area contributed by atoms with E-state index in [9.17, 15) is 9.59 Å². The number of hydrogen-bond acceptors (Lipinski definition) is 6. The van der Waals surface area contributed by atoms with Gasteiger partial charge in [-0.05, 0) is 148 Å². The molecule has 68 heavy (non-hydrogen) atoms. The Kier molecular flexibility index (Phi) is 15.0. The largest absolute Gasteiger partial charge is 0.489 e. The molecule has 6 aromatic rings. The lowest BCUT2D eigenvalue weighted by molar-refractivity contribution is -0.157. The van der Waals surface area contributed by atoms with E-state index in [4.69, 9.17) is 18.9 Å². The Morgan fingerprint density at radius 3 is 1.28 bits per heavy atom. The zero-order chi connectivity index (χ0) is 47.0. The molecule has 6 aromatic carbocycles. The van der Waals surface area contributed by atoms with Crippen LogP contribution in [-0.4, -0.2) is 59.0 Å². The molecule has 4 saturated heterocycles. The fourth-order valence-electron chi connectivity index (χ4n) is 10.9. The average molecular weight is 911 g/mol. The van der Waals surface area contributed by atoms with E-state index in [0.29, 0.717) is 13.2 Å². The molecule has 8 heteroatoms. The van der Waals surface area contributed by atoms with Crippen LogP contribution in [0.5, 0.6) is 11.5 Å². The van der Waals surface area contributed by atoms with Gasteiger partial charge in [0.15, 0.2) is 0 Å². The lowest BCUT2D eigenvalue weighted by atomic mass is 9.98. The second-order valence-electron chi connectivity index (χ2n) is 19.3. The fraction of sp³-hybridized carbons (Fsp3) is 0.367. The van der Waals surface area contributed by atoms with Gasteiger partial charge in [-0.3, -0.25) is 9.59 Å². The van der Waals surface area contributed by atoms with E-state index >= 15 is 0 Å². The minimum atomic E-state index is -0.0772. The van der Waals surface area contributed by atoms with Crippen molar-refractivity contribution in [3.63, 3.8) is 0 Å². The zero-order valence-corrected chi connectivity index (χ0v) is 40.1. The van der Waals surface area contributed by atoms with Crippen molar-refractivity contribution in [3.05, 3.63) is 201 Å². The van der Waals surface area contributed by atoms with E-state index in [2.05, 4.69) is 122 Å². The SMILES string of the molecule is Cc1ccc(C)c(CCC2CCC3C(c4ccc(OCc5ccccc5)cc4)OCC(=O)N23)c1.Cc1ccc(C)c(CCC2CCC3C(c4ccc(OCc5ccccc5)cc4)OCC(=O)N23)c1. The zero-order valence-electron chi connectivity index (χ0n) is 40.1. The number of carbonyl (C=O) groups is 2. The van der Waals surface area contributed by atoms with Crippen LogP contribution in [0.15, 0.2) is 146 Å². The van der Waals surface area contributed by atoms with Crippen LogP contribution in [0.3, 0.4) is 0 Å². The van der Waals surface area contributed by atoms with Gasteiger partial charge in [-0.2, -0.15) is 0 Å². The molecule has 0 aromatic heterocycles. The third-order valence-electron chi connectivity index (χ3n) is 14.6. The third kappa shape index (κ3) is 11.2. The van der Waals surface area contributed by atoms with Crippen LogP contribution in [0.4, 0.5) is 0 Å². The van der Waals surface area contributed by atoms with Crippen LogP contribution in [0.1, 0.15) is 106 Å². The van der Waals surface area contributed by atoms with E-state index in [1.54, 1.807) is 0 Å². The van der Waals surface area contributed by atoms with Crippen molar-refractivity contribution in [1.82, 2.24) is 9.80 Å². The standard InChI is InChI=1S/2C30H33NO3/c2*1-21-8-9-22(2)25(18-21)10-13-26-14-17-28-30(34-20-29(32)31(26)28)24-11-15-27(16-12-24)33-19-23-6-4-3-5-7-23/h2*3-9,11-12,15-16,18,26,28,30H,10,13-14,17,19-20H2,1-2H3. The number of ether oxygens (including phenoxy) is 4. The Bertz CT molecular complexity index is 2430. The molecule has 0 saturated carbocycles. The Labute approximate surface area is 403 Å². The summed E-state index contributed by atoms with van der Waals surface area (Å²) in [5.74, 6) is 1.95. The van der Waals surface area contributed by atoms with Crippen molar-refractivity contribution in [1.29, 1.82) is 0 Å². The van der Waals surface area contributed by atoms with Gasteiger partial charge >= 0.3 is 0 Å². The van der Waals surface area contributed by atoms with Gasteiger partial charge in [0, 0.05) is 12.1 Å². The average Bonchev–Trinajstić information content (AvgIpc) is 4.01. The molecule has 352 valence electrons. The Morgan fingerprint density at radius 2 is 0.882 bits per heavy atom. The van der Waals surface area contributed by atoms with E-state index < -0.39 is 0 Å². The topological polar surface area (TPSA) is 77.5 Å². The van der Waals surface area contributed by atoms with E-state index in [-0.39, 0.29) is 61.4 Å². The maximum Gasteiger partial charge on any atom is 0.249 e. The summed E-state index contributed by atoms with van der Waals surface area (Å²) in [5, 5.41) is 0. The third-order valence-corrected chi connectivity index (χ3v) is 14.6. The first kappa shape index (κ1) is 46.9. The molecule has 4 fully saturated rings. The second kappa shape index (κ2) is 21.8. The predicted molar refractivity (Wildman–Crippen MR) is 268 cm³/mol. The molecule has 0 radical (unpaired) electrons. The lowest BCUT2D eigenvalue weighted by Crippen LogP contribution is -2.50. The fourth-order valence-corrected chi connectivity index (χ4v) is 10.9. The highest BCUT2D eigenvalue weighted by molar-refractivity contribution is 5.80. The number of amides is 2. The summed E-state index contributed by atoms with van der Waals surface area (Å²) in [4.78, 5) is 30.0. The second-order valence-corrected chi connectivity index (χ2v) is 19.3. The van der Waals surface area contributed by atoms with Gasteiger partial charge < -0.3 is 28.7 Å². The molecule has 0 N–H and O–H groups in total. The molecule has 4 aliphatic rings. The van der Waals surface area contributed by atoms with Crippen LogP contribution in [-0.2, 0) is 45.1 Å². The van der Waals surface area contributed by atoms with Crippen molar-refractivity contribution in [2.45, 2.75) is 129 Å². The highest BCUT2D eigenvalue weighted by atomic mass is 16.5. The van der Waals surface area contributed by atoms with Gasteiger partial charge in [0.2, 0.25) is 11.8 Å². The first-order valence-corrected chi connectivity index (χ1v) is 24.7. The molecule has 2 amide bonds. The predicted octanol–water partition coefficient (Wildman–Crippen LogP) is 11.9. The molecule has 6 unspecified atom stereocenters. The molecule has 4 heterocycles. The molecular formula is C60H66N2O6. The number of hydrogen-bond donors (Lipinski definition) is 0. The molecule has 6 atom stereocenters. The minimum absolute atomic E-state index is 0.0772. The van der Waals surface area contributed by atoms with Crippen molar-refractivity contribution >= 4 is 11.8 Å². The molecular weight excluding hydrogens is 845 g/mol. The smallest absolute Gasteiger partial charge is 0.249 e. The van der Waals surface area contributed by atoms with Gasteiger partial charge in [0.1, 0.15) is 50.1 Å². The normalized spacial score (nSPS) is 22.0. The van der Waals surface area contributed by atoms with Crippen LogP contribution < -0.4 is 9.47 Å². The van der Waals surface area contributed by atoms with Crippen LogP contribution in [0.2, 0.25) is 0 Å². The maximum atomic E-state index is 12.9. The number of fused-ring (bicyclic) bond motifs is 2. The highest BCUT2D eigenvalue weighted by Gasteiger charge is 2.46. The van der Waals surface area contributed by atoms with Gasteiger partial charge in [0.05, 0.1) is 12.1 Å². The summed E-state index contributed by atoms with van der Waals surface area (Å²) in [5.41, 5.74) is 12.6. The summed E-state index contributed by atoms with van der Waals surface area (Å²) < 4.78 is 24.0. The Hall–Kier alpha value is -6.22. The minimum Gasteiger partial charge on any atom is -0.489 e. The highest BCUT2D eigenvalue weighted by Crippen LogP contribution is 2.42. The number of aryl methyl sites for hydroxylation is 6. The Morgan fingerprint density at radius 1 is 0.485 bits per heavy atom. The van der Waals surface area contributed by atoms with E-state index in [0.717, 1.165) is 85.1 Å². The number of morpholine rings is 2. The van der Waals surface area contributed by atoms with Crippen molar-refractivity contribution in [2.75, 3.05) is 13.2 Å². The molecule has 0 aliphatic carbocycles. The molecule has 0 spiro atoms. The molecule has 8 nitrogen and oxygen atoms in total. The maximum absolute atomic E-state index is 12.9. The van der Waals surface area contributed by atoms with E-state index in [1.165, 1.54) is 33.4 Å². The van der Waals surface area contributed by atoms with Crippen LogP contribution >= 0.6 is 0 Å². The molecule has 10 rings (SSSR count). The Balaban J connectivity index is 0.000000170. The number of carbonyl (C=O) groups excluding carboxylic acids is 2. The van der Waals surface area contributed by atoms with Gasteiger partial charge in [0.25, 0.3) is 0 Å². The first-order valence-electron chi connectivity index (χ1n) is 24.7. The lowest BCUT2D eigenvalue weighted by Gasteiger charge is -2.39. The van der Waals surface area contributed by atoms with E-state index in [1.807, 2.05) is 60.7 Å². The monoisotopic (exact) mass is 910 g/mol. The number of benzene rings is 6. The summed E-state index contributed by atoms with van der Waals surface area (Å²) in [6.45, 7) is 10.1. The van der Waals surface area contributed by atoms with Crippen LogP contribution in [0.25, 0.3) is 0 Å². The van der Waals surface area contributed by atoms with Crippen LogP contribution in [0, 0.1) is 27.7 Å². The summed E-state index contributed by atoms with van der Waals surface area (Å²) in [7, 11) is 0. The number of rotatable bonds is 14. The van der Waals surface area contributed by atoms with Gasteiger partial charge in [-0.25, -0.2) is 0 Å². The summed E-state index contributed by atoms with van der Waals surface area (Å²) >= 11 is 0. The molecule has 4 aliphatic heterocycles. The quantitative estimate of drug-likeness (QED) is 0.108. The first-order chi connectivity index (χ1) is 33.2. The van der Waals surface area contributed by atoms with Crippen molar-refractivity contribution in [3.8, 4) is 11.5 Å². The molecule has 0 bridgehead atoms. The van der Waals surface area contributed by atoms with Crippen molar-refractivity contribution in [2.24, 2.45) is 0 Å². The summed E-state index contributed by atoms with van der Waals surface area (Å²) in [6, 6.07) is 50.8. The van der Waals surface area contributed by atoms with Crippen molar-refractivity contribution < 1.29 is 28.5 Å². The summed E-state index contributed by atoms with van der Waals surface area (Å²) in [6.07, 6.45) is 7.93. The number of nitrogens with zero attached hydrogens (tertiary/aromatic N) is 2. The van der Waals surface area contributed by atoms with Gasteiger partial charge in [-0.1, -0.05) is 132 Å².